The van der Waals surface area contributed by atoms with Crippen LogP contribution in [0, 0.1) is 5.41 Å². The van der Waals surface area contributed by atoms with Crippen LogP contribution >= 0.6 is 0 Å². The lowest BCUT2D eigenvalue weighted by atomic mass is 10.1. The van der Waals surface area contributed by atoms with E-state index >= 15 is 0 Å². The second-order valence-corrected chi connectivity index (χ2v) is 7.61. The highest BCUT2D eigenvalue weighted by atomic mass is 16.6. The van der Waals surface area contributed by atoms with Gasteiger partial charge in [-0.25, -0.2) is 4.98 Å². The number of fused-ring (bicyclic) bond motifs is 1. The van der Waals surface area contributed by atoms with Crippen LogP contribution in [-0.2, 0) is 14.3 Å². The smallest absolute Gasteiger partial charge is 0.315 e. The molecule has 1 aromatic carbocycles. The zero-order valence-corrected chi connectivity index (χ0v) is 16.5. The topological polar surface area (TPSA) is 123 Å². The number of nitrogen functional groups attached to an aromatic ring is 1. The molecule has 8 nitrogen and oxygen atoms in total. The molecule has 0 saturated carbocycles. The molecule has 0 saturated heterocycles. The Kier molecular flexibility index (Phi) is 5.36. The Labute approximate surface area is 168 Å². The molecule has 0 atom stereocenters. The maximum Gasteiger partial charge on any atom is 0.315 e. The fourth-order valence-electron chi connectivity index (χ4n) is 2.73. The van der Waals surface area contributed by atoms with E-state index in [4.69, 9.17) is 15.9 Å². The number of carbonyl (C=O) groups is 2. The van der Waals surface area contributed by atoms with Crippen molar-refractivity contribution >= 4 is 29.0 Å². The first kappa shape index (κ1) is 20.1. The molecule has 0 aliphatic rings. The minimum Gasteiger partial charge on any atom is -0.460 e. The van der Waals surface area contributed by atoms with Crippen LogP contribution in [0.4, 0.5) is 5.69 Å². The number of rotatable bonds is 5. The maximum atomic E-state index is 12.1. The van der Waals surface area contributed by atoms with Gasteiger partial charge in [0.05, 0.1) is 5.69 Å². The van der Waals surface area contributed by atoms with Gasteiger partial charge >= 0.3 is 5.97 Å². The summed E-state index contributed by atoms with van der Waals surface area (Å²) in [6, 6.07) is 10.7. The largest absolute Gasteiger partial charge is 0.460 e. The van der Waals surface area contributed by atoms with E-state index in [1.165, 1.54) is 0 Å². The molecule has 3 rings (SSSR count). The van der Waals surface area contributed by atoms with Crippen LogP contribution in [-0.4, -0.2) is 32.7 Å². The molecule has 0 spiro atoms. The zero-order valence-electron chi connectivity index (χ0n) is 16.5. The van der Waals surface area contributed by atoms with Gasteiger partial charge < -0.3 is 20.2 Å². The first-order valence-electron chi connectivity index (χ1n) is 9.06. The third-order valence-corrected chi connectivity index (χ3v) is 3.96. The molecule has 8 heteroatoms. The van der Waals surface area contributed by atoms with Crippen LogP contribution in [0.2, 0.25) is 0 Å². The number of anilines is 1. The summed E-state index contributed by atoms with van der Waals surface area (Å²) in [4.78, 5) is 28.4. The molecular weight excluding hydrogens is 370 g/mol. The highest BCUT2D eigenvalue weighted by Gasteiger charge is 2.19. The monoisotopic (exact) mass is 393 g/mol. The maximum absolute atomic E-state index is 12.1. The van der Waals surface area contributed by atoms with Gasteiger partial charge in [-0.15, -0.1) is 0 Å². The number of nitrogens with zero attached hydrogens (tertiary/aromatic N) is 2. The lowest BCUT2D eigenvalue weighted by molar-refractivity contribution is -0.155. The summed E-state index contributed by atoms with van der Waals surface area (Å²) in [7, 11) is 0. The highest BCUT2D eigenvalue weighted by molar-refractivity contribution is 6.02. The number of imidazole rings is 1. The normalized spacial score (nSPS) is 11.3. The minimum atomic E-state index is -0.634. The number of ether oxygens (including phenoxy) is 1. The number of amides is 1. The predicted octanol–water partition coefficient (Wildman–Crippen LogP) is 2.96. The molecule has 2 aromatic heterocycles. The van der Waals surface area contributed by atoms with Gasteiger partial charge in [0.2, 0.25) is 5.91 Å². The van der Waals surface area contributed by atoms with Crippen molar-refractivity contribution in [1.82, 2.24) is 9.38 Å². The Balaban J connectivity index is 1.73. The number of esters is 1. The second kappa shape index (κ2) is 7.75. The Bertz CT molecular complexity index is 1080. The van der Waals surface area contributed by atoms with E-state index in [1.54, 1.807) is 51.2 Å². The van der Waals surface area contributed by atoms with Crippen molar-refractivity contribution in [3.05, 3.63) is 54.4 Å². The van der Waals surface area contributed by atoms with Crippen molar-refractivity contribution in [3.8, 4) is 11.3 Å². The summed E-state index contributed by atoms with van der Waals surface area (Å²) in [5.74, 6) is -1.01. The summed E-state index contributed by atoms with van der Waals surface area (Å²) in [6.07, 6.45) is 3.29. The molecule has 0 bridgehead atoms. The van der Waals surface area contributed by atoms with Crippen molar-refractivity contribution in [2.24, 2.45) is 5.73 Å². The SMILES string of the molecule is CC(C)(C)OC(=O)CC(=O)Nc1ccn2cc(-c3ccc(C(=N)N)cc3)nc2c1. The summed E-state index contributed by atoms with van der Waals surface area (Å²) in [5, 5.41) is 10.1. The van der Waals surface area contributed by atoms with E-state index in [0.29, 0.717) is 16.9 Å². The Morgan fingerprint density at radius 2 is 1.90 bits per heavy atom. The van der Waals surface area contributed by atoms with Gasteiger partial charge in [-0.05, 0) is 26.8 Å². The Morgan fingerprint density at radius 1 is 1.21 bits per heavy atom. The Hall–Kier alpha value is -3.68. The first-order valence-corrected chi connectivity index (χ1v) is 9.06. The summed E-state index contributed by atoms with van der Waals surface area (Å²) in [6.45, 7) is 5.25. The number of hydrogen-bond donors (Lipinski definition) is 3. The number of carbonyl (C=O) groups excluding carboxylic acids is 2. The molecule has 3 aromatic rings. The van der Waals surface area contributed by atoms with Crippen LogP contribution in [0.3, 0.4) is 0 Å². The van der Waals surface area contributed by atoms with Crippen LogP contribution in [0.5, 0.6) is 0 Å². The lowest BCUT2D eigenvalue weighted by Gasteiger charge is -2.19. The number of aromatic nitrogens is 2. The molecule has 29 heavy (non-hydrogen) atoms. The van der Waals surface area contributed by atoms with Gasteiger partial charge in [0.25, 0.3) is 0 Å². The standard InChI is InChI=1S/C21H23N5O3/c1-21(2,3)29-19(28)11-18(27)24-15-8-9-26-12-16(25-17(26)10-15)13-4-6-14(7-5-13)20(22)23/h4-10,12H,11H2,1-3H3,(H3,22,23)(H,24,27). The Morgan fingerprint density at radius 3 is 2.52 bits per heavy atom. The average Bonchev–Trinajstić information content (AvgIpc) is 3.03. The molecule has 4 N–H and O–H groups in total. The molecular formula is C21H23N5O3. The third kappa shape index (κ3) is 5.19. The van der Waals surface area contributed by atoms with E-state index in [0.717, 1.165) is 11.3 Å². The predicted molar refractivity (Wildman–Crippen MR) is 111 cm³/mol. The number of benzene rings is 1. The highest BCUT2D eigenvalue weighted by Crippen LogP contribution is 2.21. The number of hydrogen-bond acceptors (Lipinski definition) is 5. The summed E-state index contributed by atoms with van der Waals surface area (Å²) >= 11 is 0. The number of nitrogens with two attached hydrogens (primary N) is 1. The van der Waals surface area contributed by atoms with Crippen LogP contribution in [0.25, 0.3) is 16.9 Å². The van der Waals surface area contributed by atoms with E-state index in [9.17, 15) is 9.59 Å². The summed E-state index contributed by atoms with van der Waals surface area (Å²) < 4.78 is 6.99. The molecule has 0 fully saturated rings. The van der Waals surface area contributed by atoms with Crippen molar-refractivity contribution < 1.29 is 14.3 Å². The van der Waals surface area contributed by atoms with E-state index in [1.807, 2.05) is 22.7 Å². The molecule has 150 valence electrons. The molecule has 1 amide bonds. The molecule has 2 heterocycles. The summed E-state index contributed by atoms with van der Waals surface area (Å²) in [5.41, 5.74) is 8.30. The van der Waals surface area contributed by atoms with Gasteiger partial charge in [0.1, 0.15) is 23.5 Å². The van der Waals surface area contributed by atoms with Crippen LogP contribution in [0.1, 0.15) is 32.8 Å². The first-order chi connectivity index (χ1) is 13.6. The molecule has 0 aliphatic carbocycles. The van der Waals surface area contributed by atoms with Crippen LogP contribution in [0.15, 0.2) is 48.8 Å². The third-order valence-electron chi connectivity index (χ3n) is 3.96. The van der Waals surface area contributed by atoms with Gasteiger partial charge in [-0.2, -0.15) is 0 Å². The fraction of sp³-hybridized carbons (Fsp3) is 0.238. The average molecular weight is 393 g/mol. The minimum absolute atomic E-state index is 0.0123. The van der Waals surface area contributed by atoms with Gasteiger partial charge in [0.15, 0.2) is 0 Å². The quantitative estimate of drug-likeness (QED) is 0.266. The van der Waals surface area contributed by atoms with Crippen molar-refractivity contribution in [2.45, 2.75) is 32.8 Å². The van der Waals surface area contributed by atoms with Crippen molar-refractivity contribution in [2.75, 3.05) is 5.32 Å². The number of nitrogens with one attached hydrogen (secondary N) is 2. The molecule has 0 unspecified atom stereocenters. The van der Waals surface area contributed by atoms with Gasteiger partial charge in [-0.3, -0.25) is 15.0 Å². The molecule has 0 radical (unpaired) electrons. The fourth-order valence-corrected chi connectivity index (χ4v) is 2.73. The van der Waals surface area contributed by atoms with Crippen LogP contribution < -0.4 is 11.1 Å². The molecule has 0 aliphatic heterocycles. The van der Waals surface area contributed by atoms with Gasteiger partial charge in [-0.1, -0.05) is 24.3 Å². The second-order valence-electron chi connectivity index (χ2n) is 7.61. The number of pyridine rings is 1. The zero-order chi connectivity index (χ0) is 21.2. The van der Waals surface area contributed by atoms with E-state index < -0.39 is 17.5 Å². The van der Waals surface area contributed by atoms with Gasteiger partial charge in [0, 0.05) is 35.3 Å². The van der Waals surface area contributed by atoms with Crippen molar-refractivity contribution in [1.29, 1.82) is 5.41 Å². The van der Waals surface area contributed by atoms with E-state index in [-0.39, 0.29) is 12.3 Å². The van der Waals surface area contributed by atoms with E-state index in [2.05, 4.69) is 10.3 Å². The number of amidine groups is 1. The van der Waals surface area contributed by atoms with Crippen molar-refractivity contribution in [3.63, 3.8) is 0 Å². The lowest BCUT2D eigenvalue weighted by Crippen LogP contribution is -2.27.